The Morgan fingerprint density at radius 2 is 1.83 bits per heavy atom. The highest BCUT2D eigenvalue weighted by Crippen LogP contribution is 2.22. The molecular formula is C19H23NO3S. The van der Waals surface area contributed by atoms with E-state index in [4.69, 9.17) is 4.74 Å². The number of rotatable bonds is 4. The molecule has 1 unspecified atom stereocenters. The van der Waals surface area contributed by atoms with Crippen molar-refractivity contribution in [2.75, 3.05) is 19.7 Å². The lowest BCUT2D eigenvalue weighted by atomic mass is 10.1. The minimum atomic E-state index is -3.47. The van der Waals surface area contributed by atoms with Crippen molar-refractivity contribution in [3.8, 4) is 0 Å². The molecule has 1 heterocycles. The first-order valence-corrected chi connectivity index (χ1v) is 9.64. The Morgan fingerprint density at radius 1 is 1.08 bits per heavy atom. The van der Waals surface area contributed by atoms with Crippen molar-refractivity contribution in [1.29, 1.82) is 0 Å². The first-order chi connectivity index (χ1) is 11.5. The van der Waals surface area contributed by atoms with Crippen LogP contribution in [0.15, 0.2) is 53.4 Å². The molecule has 0 N–H and O–H groups in total. The zero-order valence-electron chi connectivity index (χ0n) is 14.1. The van der Waals surface area contributed by atoms with Crippen LogP contribution in [-0.4, -0.2) is 38.5 Å². The third-order valence-electron chi connectivity index (χ3n) is 4.52. The normalized spacial score (nSPS) is 19.3. The highest BCUT2D eigenvalue weighted by Gasteiger charge is 2.31. The van der Waals surface area contributed by atoms with Gasteiger partial charge in [0.2, 0.25) is 10.0 Å². The summed E-state index contributed by atoms with van der Waals surface area (Å²) in [5.74, 6) is 0. The van der Waals surface area contributed by atoms with E-state index in [0.29, 0.717) is 24.6 Å². The number of hydrogen-bond donors (Lipinski definition) is 0. The van der Waals surface area contributed by atoms with Gasteiger partial charge >= 0.3 is 0 Å². The predicted molar refractivity (Wildman–Crippen MR) is 94.6 cm³/mol. The van der Waals surface area contributed by atoms with Crippen LogP contribution in [0.5, 0.6) is 0 Å². The standard InChI is InChI=1S/C19H23NO3S/c1-15-8-9-19(12-16(15)2)24(21,22)20-10-11-23-18(14-20)13-17-6-4-3-5-7-17/h3-9,12,18H,10-11,13-14H2,1-2H3. The van der Waals surface area contributed by atoms with Crippen LogP contribution >= 0.6 is 0 Å². The molecule has 5 heteroatoms. The minimum absolute atomic E-state index is 0.109. The molecule has 3 rings (SSSR count). The van der Waals surface area contributed by atoms with Gasteiger partial charge in [-0.25, -0.2) is 8.42 Å². The Labute approximate surface area is 144 Å². The van der Waals surface area contributed by atoms with Crippen molar-refractivity contribution in [1.82, 2.24) is 4.31 Å². The Hall–Kier alpha value is -1.69. The van der Waals surface area contributed by atoms with Crippen LogP contribution in [0.1, 0.15) is 16.7 Å². The lowest BCUT2D eigenvalue weighted by Crippen LogP contribution is -2.46. The second-order valence-corrected chi connectivity index (χ2v) is 8.23. The third-order valence-corrected chi connectivity index (χ3v) is 6.38. The fraction of sp³-hybridized carbons (Fsp3) is 0.368. The SMILES string of the molecule is Cc1ccc(S(=O)(=O)N2CCOC(Cc3ccccc3)C2)cc1C. The van der Waals surface area contributed by atoms with Crippen molar-refractivity contribution in [3.63, 3.8) is 0 Å². The summed E-state index contributed by atoms with van der Waals surface area (Å²) in [7, 11) is -3.47. The molecule has 0 bridgehead atoms. The van der Waals surface area contributed by atoms with Gasteiger partial charge in [-0.2, -0.15) is 4.31 Å². The molecule has 128 valence electrons. The summed E-state index contributed by atoms with van der Waals surface area (Å²) in [5.41, 5.74) is 3.25. The summed E-state index contributed by atoms with van der Waals surface area (Å²) >= 11 is 0. The zero-order valence-corrected chi connectivity index (χ0v) is 14.9. The van der Waals surface area contributed by atoms with Crippen LogP contribution in [0.2, 0.25) is 0 Å². The Bertz CT molecular complexity index is 803. The van der Waals surface area contributed by atoms with Gasteiger partial charge in [-0.15, -0.1) is 0 Å². The number of ether oxygens (including phenoxy) is 1. The van der Waals surface area contributed by atoms with E-state index >= 15 is 0 Å². The number of benzene rings is 2. The fourth-order valence-corrected chi connectivity index (χ4v) is 4.48. The Morgan fingerprint density at radius 3 is 2.54 bits per heavy atom. The average molecular weight is 345 g/mol. The predicted octanol–water partition coefficient (Wildman–Crippen LogP) is 2.94. The number of morpholine rings is 1. The van der Waals surface area contributed by atoms with Crippen LogP contribution in [0.25, 0.3) is 0 Å². The molecule has 24 heavy (non-hydrogen) atoms. The molecule has 0 aromatic heterocycles. The fourth-order valence-electron chi connectivity index (χ4n) is 2.93. The van der Waals surface area contributed by atoms with E-state index in [-0.39, 0.29) is 6.10 Å². The monoisotopic (exact) mass is 345 g/mol. The van der Waals surface area contributed by atoms with E-state index in [1.54, 1.807) is 16.4 Å². The second-order valence-electron chi connectivity index (χ2n) is 6.29. The van der Waals surface area contributed by atoms with Crippen LogP contribution in [-0.2, 0) is 21.2 Å². The van der Waals surface area contributed by atoms with Gasteiger partial charge in [0, 0.05) is 13.1 Å². The zero-order chi connectivity index (χ0) is 17.2. The summed E-state index contributed by atoms with van der Waals surface area (Å²) in [6.45, 7) is 5.15. The van der Waals surface area contributed by atoms with Gasteiger partial charge < -0.3 is 4.74 Å². The van der Waals surface area contributed by atoms with Gasteiger partial charge in [0.15, 0.2) is 0 Å². The van der Waals surface area contributed by atoms with Crippen molar-refractivity contribution in [3.05, 3.63) is 65.2 Å². The molecule has 0 radical (unpaired) electrons. The first-order valence-electron chi connectivity index (χ1n) is 8.20. The molecule has 0 amide bonds. The summed E-state index contributed by atoms with van der Waals surface area (Å²) < 4.78 is 33.2. The molecule has 0 saturated carbocycles. The largest absolute Gasteiger partial charge is 0.375 e. The van der Waals surface area contributed by atoms with Gasteiger partial charge in [-0.1, -0.05) is 36.4 Å². The van der Waals surface area contributed by atoms with Gasteiger partial charge in [0.05, 0.1) is 17.6 Å². The molecule has 4 nitrogen and oxygen atoms in total. The highest BCUT2D eigenvalue weighted by atomic mass is 32.2. The van der Waals surface area contributed by atoms with Crippen LogP contribution in [0.4, 0.5) is 0 Å². The van der Waals surface area contributed by atoms with E-state index in [9.17, 15) is 8.42 Å². The van der Waals surface area contributed by atoms with E-state index in [0.717, 1.165) is 23.1 Å². The van der Waals surface area contributed by atoms with Gasteiger partial charge in [0.25, 0.3) is 0 Å². The van der Waals surface area contributed by atoms with Crippen LogP contribution in [0.3, 0.4) is 0 Å². The quantitative estimate of drug-likeness (QED) is 0.856. The molecule has 0 spiro atoms. The average Bonchev–Trinajstić information content (AvgIpc) is 2.58. The first kappa shape index (κ1) is 17.1. The summed E-state index contributed by atoms with van der Waals surface area (Å²) in [6, 6.07) is 15.3. The van der Waals surface area contributed by atoms with Gasteiger partial charge in [0.1, 0.15) is 0 Å². The second kappa shape index (κ2) is 7.05. The van der Waals surface area contributed by atoms with Gasteiger partial charge in [-0.3, -0.25) is 0 Å². The lowest BCUT2D eigenvalue weighted by molar-refractivity contribution is -0.000495. The van der Waals surface area contributed by atoms with Crippen molar-refractivity contribution < 1.29 is 13.2 Å². The lowest BCUT2D eigenvalue weighted by Gasteiger charge is -2.32. The van der Waals surface area contributed by atoms with Gasteiger partial charge in [-0.05, 0) is 49.1 Å². The van der Waals surface area contributed by atoms with Crippen molar-refractivity contribution >= 4 is 10.0 Å². The summed E-state index contributed by atoms with van der Waals surface area (Å²) in [4.78, 5) is 0.367. The van der Waals surface area contributed by atoms with Crippen LogP contribution in [0, 0.1) is 13.8 Å². The molecule has 2 aromatic rings. The molecule has 2 aromatic carbocycles. The Kier molecular flexibility index (Phi) is 5.04. The molecule has 1 fully saturated rings. The summed E-state index contributed by atoms with van der Waals surface area (Å²) in [5, 5.41) is 0. The molecular weight excluding hydrogens is 322 g/mol. The number of aryl methyl sites for hydroxylation is 2. The maximum atomic E-state index is 12.9. The Balaban J connectivity index is 1.77. The molecule has 0 aliphatic carbocycles. The maximum absolute atomic E-state index is 12.9. The minimum Gasteiger partial charge on any atom is -0.375 e. The smallest absolute Gasteiger partial charge is 0.243 e. The molecule has 1 saturated heterocycles. The number of hydrogen-bond acceptors (Lipinski definition) is 3. The topological polar surface area (TPSA) is 46.6 Å². The highest BCUT2D eigenvalue weighted by molar-refractivity contribution is 7.89. The number of nitrogens with zero attached hydrogens (tertiary/aromatic N) is 1. The molecule has 1 aliphatic rings. The van der Waals surface area contributed by atoms with E-state index in [1.165, 1.54) is 0 Å². The van der Waals surface area contributed by atoms with E-state index in [2.05, 4.69) is 0 Å². The van der Waals surface area contributed by atoms with E-state index in [1.807, 2.05) is 50.2 Å². The van der Waals surface area contributed by atoms with E-state index < -0.39 is 10.0 Å². The molecule has 1 atom stereocenters. The maximum Gasteiger partial charge on any atom is 0.243 e. The van der Waals surface area contributed by atoms with Crippen LogP contribution < -0.4 is 0 Å². The van der Waals surface area contributed by atoms with Crippen molar-refractivity contribution in [2.24, 2.45) is 0 Å². The third kappa shape index (κ3) is 3.69. The van der Waals surface area contributed by atoms with Crippen molar-refractivity contribution in [2.45, 2.75) is 31.3 Å². The summed E-state index contributed by atoms with van der Waals surface area (Å²) in [6.07, 6.45) is 0.613. The number of sulfonamides is 1. The molecule has 1 aliphatic heterocycles.